The van der Waals surface area contributed by atoms with Gasteiger partial charge in [-0.25, -0.2) is 0 Å². The minimum atomic E-state index is -0.592. The molecule has 0 amide bonds. The molecule has 2 heterocycles. The van der Waals surface area contributed by atoms with E-state index in [2.05, 4.69) is 0 Å². The van der Waals surface area contributed by atoms with Crippen LogP contribution in [0.15, 0.2) is 0 Å². The maximum atomic E-state index is 9.22. The summed E-state index contributed by atoms with van der Waals surface area (Å²) in [6.45, 7) is 3.91. The highest BCUT2D eigenvalue weighted by atomic mass is 16.8. The van der Waals surface area contributed by atoms with Gasteiger partial charge in [-0.1, -0.05) is 0 Å². The van der Waals surface area contributed by atoms with Crippen molar-refractivity contribution in [3.63, 3.8) is 0 Å². The number of methoxy groups -OCH3 is 1. The second kappa shape index (κ2) is 3.17. The lowest BCUT2D eigenvalue weighted by molar-refractivity contribution is -0.235. The lowest BCUT2D eigenvalue weighted by atomic mass is 10.1. The van der Waals surface area contributed by atoms with Crippen molar-refractivity contribution >= 4 is 0 Å². The van der Waals surface area contributed by atoms with Crippen molar-refractivity contribution < 1.29 is 24.1 Å². The van der Waals surface area contributed by atoms with Gasteiger partial charge in [0.1, 0.15) is 17.8 Å². The molecule has 0 radical (unpaired) electrons. The van der Waals surface area contributed by atoms with Crippen molar-refractivity contribution in [3.05, 3.63) is 0 Å². The molecule has 3 rings (SSSR count). The number of rotatable bonds is 2. The molecule has 92 valence electrons. The molecule has 1 aliphatic carbocycles. The van der Waals surface area contributed by atoms with Crippen LogP contribution in [0.5, 0.6) is 0 Å². The first kappa shape index (κ1) is 10.9. The van der Waals surface area contributed by atoms with E-state index in [1.807, 2.05) is 13.8 Å². The van der Waals surface area contributed by atoms with Gasteiger partial charge in [-0.15, -0.1) is 0 Å². The highest BCUT2D eigenvalue weighted by Crippen LogP contribution is 2.59. The molecule has 3 aliphatic rings. The van der Waals surface area contributed by atoms with Gasteiger partial charge in [0.25, 0.3) is 0 Å². The summed E-state index contributed by atoms with van der Waals surface area (Å²) in [5.41, 5.74) is -0.381. The standard InChI is InChI=1S/C11H18O5/c1-10(2)14-7-8(15-10)11(4-6(11)5-12)16-9(7)13-3/h6-9,12H,4-5H2,1-3H3/t6-,7?,8+,9?,11+/m0/s1. The number of aliphatic hydroxyl groups excluding tert-OH is 1. The van der Waals surface area contributed by atoms with Gasteiger partial charge in [0.05, 0.1) is 0 Å². The van der Waals surface area contributed by atoms with E-state index in [0.29, 0.717) is 0 Å². The minimum absolute atomic E-state index is 0.121. The molecule has 0 aromatic heterocycles. The Bertz CT molecular complexity index is 305. The van der Waals surface area contributed by atoms with Crippen molar-refractivity contribution in [1.82, 2.24) is 0 Å². The first-order valence-corrected chi connectivity index (χ1v) is 5.69. The summed E-state index contributed by atoms with van der Waals surface area (Å²) in [6, 6.07) is 0. The van der Waals surface area contributed by atoms with Crippen LogP contribution in [0.4, 0.5) is 0 Å². The molecule has 1 saturated carbocycles. The first-order valence-electron chi connectivity index (χ1n) is 5.69. The van der Waals surface area contributed by atoms with Gasteiger partial charge in [-0.2, -0.15) is 0 Å². The summed E-state index contributed by atoms with van der Waals surface area (Å²) in [4.78, 5) is 0. The van der Waals surface area contributed by atoms with Crippen molar-refractivity contribution in [1.29, 1.82) is 0 Å². The Morgan fingerprint density at radius 3 is 2.62 bits per heavy atom. The summed E-state index contributed by atoms with van der Waals surface area (Å²) in [5, 5.41) is 9.22. The Morgan fingerprint density at radius 1 is 1.31 bits per heavy atom. The van der Waals surface area contributed by atoms with E-state index in [1.54, 1.807) is 7.11 Å². The summed E-state index contributed by atoms with van der Waals surface area (Å²) in [5.74, 6) is -0.441. The van der Waals surface area contributed by atoms with E-state index < -0.39 is 5.79 Å². The number of hydrogen-bond acceptors (Lipinski definition) is 5. The highest BCUT2D eigenvalue weighted by Gasteiger charge is 2.73. The third-order valence-corrected chi connectivity index (χ3v) is 3.76. The SMILES string of the molecule is COC1O[C@@]2(C[C@H]2CO)[C@@H]2OC(C)(C)OC12. The number of ether oxygens (including phenoxy) is 4. The molecule has 0 aromatic rings. The zero-order valence-corrected chi connectivity index (χ0v) is 9.80. The average Bonchev–Trinajstić information content (AvgIpc) is 2.75. The zero-order valence-electron chi connectivity index (χ0n) is 9.80. The predicted molar refractivity (Wildman–Crippen MR) is 53.6 cm³/mol. The van der Waals surface area contributed by atoms with Gasteiger partial charge in [-0.05, 0) is 20.3 Å². The van der Waals surface area contributed by atoms with Crippen LogP contribution in [0.1, 0.15) is 20.3 Å². The van der Waals surface area contributed by atoms with Crippen LogP contribution in [0.3, 0.4) is 0 Å². The molecule has 5 heteroatoms. The van der Waals surface area contributed by atoms with Gasteiger partial charge >= 0.3 is 0 Å². The highest BCUT2D eigenvalue weighted by molar-refractivity contribution is 5.18. The van der Waals surface area contributed by atoms with Crippen LogP contribution in [0.2, 0.25) is 0 Å². The second-order valence-electron chi connectivity index (χ2n) is 5.28. The number of aliphatic hydroxyl groups is 1. The van der Waals surface area contributed by atoms with Gasteiger partial charge in [0, 0.05) is 19.6 Å². The predicted octanol–water partition coefficient (Wildman–Crippen LogP) is 0.260. The molecular formula is C11H18O5. The van der Waals surface area contributed by atoms with E-state index >= 15 is 0 Å². The molecule has 0 aromatic carbocycles. The third-order valence-electron chi connectivity index (χ3n) is 3.76. The van der Waals surface area contributed by atoms with E-state index in [9.17, 15) is 5.11 Å². The lowest BCUT2D eigenvalue weighted by Gasteiger charge is -2.23. The summed E-state index contributed by atoms with van der Waals surface area (Å²) >= 11 is 0. The second-order valence-corrected chi connectivity index (χ2v) is 5.28. The van der Waals surface area contributed by atoms with Crippen LogP contribution in [-0.2, 0) is 18.9 Å². The Balaban J connectivity index is 1.85. The normalized spacial score (nSPS) is 53.2. The molecule has 1 spiro atoms. The first-order chi connectivity index (χ1) is 7.52. The number of fused-ring (bicyclic) bond motifs is 2. The van der Waals surface area contributed by atoms with Gasteiger partial charge < -0.3 is 24.1 Å². The van der Waals surface area contributed by atoms with E-state index in [0.717, 1.165) is 6.42 Å². The van der Waals surface area contributed by atoms with E-state index in [-0.39, 0.29) is 36.6 Å². The fourth-order valence-electron chi connectivity index (χ4n) is 2.94. The Kier molecular flexibility index (Phi) is 2.17. The van der Waals surface area contributed by atoms with Gasteiger partial charge in [0.2, 0.25) is 0 Å². The Morgan fingerprint density at radius 2 is 2.06 bits per heavy atom. The maximum Gasteiger partial charge on any atom is 0.186 e. The molecule has 2 unspecified atom stereocenters. The summed E-state index contributed by atoms with van der Waals surface area (Å²) in [6.07, 6.45) is 0.133. The van der Waals surface area contributed by atoms with Crippen molar-refractivity contribution in [2.75, 3.05) is 13.7 Å². The van der Waals surface area contributed by atoms with E-state index in [1.165, 1.54) is 0 Å². The van der Waals surface area contributed by atoms with Crippen molar-refractivity contribution in [3.8, 4) is 0 Å². The molecule has 0 bridgehead atoms. The minimum Gasteiger partial charge on any atom is -0.396 e. The third kappa shape index (κ3) is 1.29. The zero-order chi connectivity index (χ0) is 11.6. The molecule has 2 saturated heterocycles. The molecule has 5 atom stereocenters. The van der Waals surface area contributed by atoms with Crippen LogP contribution in [-0.4, -0.2) is 48.7 Å². The van der Waals surface area contributed by atoms with Crippen LogP contribution < -0.4 is 0 Å². The molecule has 16 heavy (non-hydrogen) atoms. The summed E-state index contributed by atoms with van der Waals surface area (Å²) in [7, 11) is 1.60. The Labute approximate surface area is 94.6 Å². The largest absolute Gasteiger partial charge is 0.396 e. The van der Waals surface area contributed by atoms with Gasteiger partial charge in [-0.3, -0.25) is 0 Å². The number of hydrogen-bond donors (Lipinski definition) is 1. The summed E-state index contributed by atoms with van der Waals surface area (Å²) < 4.78 is 22.8. The molecular weight excluding hydrogens is 212 g/mol. The quantitative estimate of drug-likeness (QED) is 0.737. The van der Waals surface area contributed by atoms with Crippen molar-refractivity contribution in [2.45, 2.75) is 50.2 Å². The van der Waals surface area contributed by atoms with Gasteiger partial charge in [0.15, 0.2) is 12.1 Å². The average molecular weight is 230 g/mol. The molecule has 1 N–H and O–H groups in total. The monoisotopic (exact) mass is 230 g/mol. The topological polar surface area (TPSA) is 57.2 Å². The fraction of sp³-hybridized carbons (Fsp3) is 1.00. The smallest absolute Gasteiger partial charge is 0.186 e. The lowest BCUT2D eigenvalue weighted by Crippen LogP contribution is -2.33. The van der Waals surface area contributed by atoms with Crippen LogP contribution in [0.25, 0.3) is 0 Å². The van der Waals surface area contributed by atoms with E-state index in [4.69, 9.17) is 18.9 Å². The molecule has 3 fully saturated rings. The molecule has 2 aliphatic heterocycles. The Hall–Kier alpha value is -0.200. The van der Waals surface area contributed by atoms with Crippen molar-refractivity contribution in [2.24, 2.45) is 5.92 Å². The van der Waals surface area contributed by atoms with Crippen LogP contribution in [0, 0.1) is 5.92 Å². The van der Waals surface area contributed by atoms with Crippen LogP contribution >= 0.6 is 0 Å². The maximum absolute atomic E-state index is 9.22. The fourth-order valence-corrected chi connectivity index (χ4v) is 2.94. The molecule has 5 nitrogen and oxygen atoms in total.